The van der Waals surface area contributed by atoms with Crippen molar-refractivity contribution in [2.75, 3.05) is 0 Å². The van der Waals surface area contributed by atoms with E-state index in [-0.39, 0.29) is 34.5 Å². The van der Waals surface area contributed by atoms with Crippen molar-refractivity contribution in [1.29, 1.82) is 5.41 Å². The van der Waals surface area contributed by atoms with Crippen LogP contribution in [0.1, 0.15) is 16.8 Å². The van der Waals surface area contributed by atoms with Gasteiger partial charge in [0.15, 0.2) is 5.17 Å². The molecule has 0 aliphatic carbocycles. The van der Waals surface area contributed by atoms with Crippen molar-refractivity contribution >= 4 is 33.9 Å². The molecule has 0 saturated heterocycles. The van der Waals surface area contributed by atoms with Gasteiger partial charge in [-0.05, 0) is 12.5 Å². The summed E-state index contributed by atoms with van der Waals surface area (Å²) in [5, 5.41) is 25.8. The van der Waals surface area contributed by atoms with E-state index in [1.807, 2.05) is 0 Å². The summed E-state index contributed by atoms with van der Waals surface area (Å²) in [6.45, 7) is 1.42. The van der Waals surface area contributed by atoms with Gasteiger partial charge in [0.1, 0.15) is 5.75 Å². The Balaban J connectivity index is 0.00000225. The number of pyridine rings is 1. The number of aliphatic hydroxyl groups excluding tert-OH is 1. The van der Waals surface area contributed by atoms with Crippen molar-refractivity contribution < 1.29 is 10.2 Å². The molecule has 0 aliphatic rings. The Labute approximate surface area is 108 Å². The molecule has 0 saturated carbocycles. The third kappa shape index (κ3) is 3.66. The van der Waals surface area contributed by atoms with Gasteiger partial charge in [-0.3, -0.25) is 10.4 Å². The van der Waals surface area contributed by atoms with E-state index in [1.54, 1.807) is 13.1 Å². The zero-order chi connectivity index (χ0) is 11.4. The Morgan fingerprint density at radius 1 is 1.62 bits per heavy atom. The zero-order valence-corrected chi connectivity index (χ0v) is 11.3. The van der Waals surface area contributed by atoms with E-state index in [2.05, 4.69) is 4.98 Å². The molecule has 1 aromatic rings. The number of nitrogens with zero attached hydrogens (tertiary/aromatic N) is 1. The highest BCUT2D eigenvalue weighted by atomic mass is 79.9. The van der Waals surface area contributed by atoms with Crippen LogP contribution in [0.25, 0.3) is 0 Å². The number of nitrogens with one attached hydrogen (secondary N) is 1. The van der Waals surface area contributed by atoms with Crippen LogP contribution in [0.3, 0.4) is 0 Å². The van der Waals surface area contributed by atoms with Crippen molar-refractivity contribution in [3.8, 4) is 5.75 Å². The third-order valence-electron chi connectivity index (χ3n) is 1.97. The monoisotopic (exact) mass is 307 g/mol. The molecule has 1 rings (SSSR count). The second kappa shape index (κ2) is 6.72. The molecule has 16 heavy (non-hydrogen) atoms. The Kier molecular flexibility index (Phi) is 6.39. The predicted octanol–water partition coefficient (Wildman–Crippen LogP) is 1.29. The first-order valence-electron chi connectivity index (χ1n) is 4.30. The molecule has 1 heterocycles. The van der Waals surface area contributed by atoms with Crippen LogP contribution in [0, 0.1) is 12.3 Å². The number of hydrogen-bond acceptors (Lipinski definition) is 5. The summed E-state index contributed by atoms with van der Waals surface area (Å²) in [7, 11) is 0. The summed E-state index contributed by atoms with van der Waals surface area (Å²) in [6, 6.07) is 0. The van der Waals surface area contributed by atoms with Crippen molar-refractivity contribution in [2.24, 2.45) is 5.73 Å². The first-order valence-corrected chi connectivity index (χ1v) is 5.28. The van der Waals surface area contributed by atoms with E-state index in [9.17, 15) is 5.11 Å². The van der Waals surface area contributed by atoms with E-state index in [0.717, 1.165) is 11.8 Å². The summed E-state index contributed by atoms with van der Waals surface area (Å²) in [5.41, 5.74) is 6.83. The molecule has 0 aromatic carbocycles. The van der Waals surface area contributed by atoms with Gasteiger partial charge < -0.3 is 15.9 Å². The Bertz CT molecular complexity index is 387. The second-order valence-corrected chi connectivity index (χ2v) is 4.02. The van der Waals surface area contributed by atoms with Gasteiger partial charge in [0.05, 0.1) is 12.3 Å². The molecule has 5 nitrogen and oxygen atoms in total. The van der Waals surface area contributed by atoms with Crippen molar-refractivity contribution in [3.63, 3.8) is 0 Å². The lowest BCUT2D eigenvalue weighted by molar-refractivity contribution is 0.274. The van der Waals surface area contributed by atoms with Gasteiger partial charge in [-0.15, -0.1) is 17.0 Å². The van der Waals surface area contributed by atoms with Crippen molar-refractivity contribution in [3.05, 3.63) is 23.0 Å². The summed E-state index contributed by atoms with van der Waals surface area (Å²) in [4.78, 5) is 3.98. The molecule has 0 aliphatic heterocycles. The number of rotatable bonds is 3. The molecule has 5 N–H and O–H groups in total. The lowest BCUT2D eigenvalue weighted by Crippen LogP contribution is -2.05. The summed E-state index contributed by atoms with van der Waals surface area (Å²) < 4.78 is 0. The number of aromatic nitrogens is 1. The molecule has 0 bridgehead atoms. The summed E-state index contributed by atoms with van der Waals surface area (Å²) in [5.74, 6) is 0.436. The fraction of sp³-hybridized carbons (Fsp3) is 0.333. The first kappa shape index (κ1) is 15.2. The number of amidine groups is 1. The highest BCUT2D eigenvalue weighted by molar-refractivity contribution is 8.93. The molecule has 0 fully saturated rings. The molecule has 90 valence electrons. The molecule has 0 unspecified atom stereocenters. The Morgan fingerprint density at radius 3 is 2.75 bits per heavy atom. The van der Waals surface area contributed by atoms with E-state index in [0.29, 0.717) is 22.6 Å². The minimum absolute atomic E-state index is 0. The average molecular weight is 308 g/mol. The van der Waals surface area contributed by atoms with Crippen LogP contribution in [-0.4, -0.2) is 20.4 Å². The number of thioether (sulfide) groups is 1. The van der Waals surface area contributed by atoms with Gasteiger partial charge in [0.25, 0.3) is 0 Å². The zero-order valence-electron chi connectivity index (χ0n) is 8.73. The molecule has 7 heteroatoms. The van der Waals surface area contributed by atoms with E-state index in [4.69, 9.17) is 16.2 Å². The van der Waals surface area contributed by atoms with Crippen molar-refractivity contribution in [1.82, 2.24) is 4.98 Å². The second-order valence-electron chi connectivity index (χ2n) is 3.01. The molecule has 1 aromatic heterocycles. The fourth-order valence-electron chi connectivity index (χ4n) is 1.14. The van der Waals surface area contributed by atoms with Gasteiger partial charge in [0, 0.05) is 17.5 Å². The lowest BCUT2D eigenvalue weighted by atomic mass is 10.1. The summed E-state index contributed by atoms with van der Waals surface area (Å²) in [6.07, 6.45) is 1.58. The highest BCUT2D eigenvalue weighted by Crippen LogP contribution is 2.26. The number of aromatic hydroxyl groups is 1. The van der Waals surface area contributed by atoms with E-state index < -0.39 is 0 Å². The molecule has 0 radical (unpaired) electrons. The molecular weight excluding hydrogens is 294 g/mol. The maximum absolute atomic E-state index is 9.63. The molecule has 0 atom stereocenters. The van der Waals surface area contributed by atoms with Crippen LogP contribution in [0.4, 0.5) is 0 Å². The van der Waals surface area contributed by atoms with Crippen molar-refractivity contribution in [2.45, 2.75) is 19.3 Å². The standard InChI is InChI=1S/C9H13N3O2S.BrH/c1-5-8(14)7(3-13)6(2-12-5)4-15-9(10)11;/h2,13-14H,3-4H2,1H3,(H3,10,11);1H. The van der Waals surface area contributed by atoms with Gasteiger partial charge in [-0.25, -0.2) is 0 Å². The maximum atomic E-state index is 9.63. The minimum Gasteiger partial charge on any atom is -0.506 e. The Morgan fingerprint density at radius 2 is 2.25 bits per heavy atom. The minimum atomic E-state index is -0.247. The number of aryl methyl sites for hydroxylation is 1. The molecule has 0 spiro atoms. The maximum Gasteiger partial charge on any atom is 0.151 e. The highest BCUT2D eigenvalue weighted by Gasteiger charge is 2.10. The number of halogens is 1. The third-order valence-corrected chi connectivity index (χ3v) is 2.74. The van der Waals surface area contributed by atoms with Gasteiger partial charge in [-0.1, -0.05) is 11.8 Å². The largest absolute Gasteiger partial charge is 0.506 e. The normalized spacial score (nSPS) is 9.62. The van der Waals surface area contributed by atoms with Gasteiger partial charge in [0.2, 0.25) is 0 Å². The van der Waals surface area contributed by atoms with E-state index >= 15 is 0 Å². The van der Waals surface area contributed by atoms with Crippen LogP contribution in [0.2, 0.25) is 0 Å². The topological polar surface area (TPSA) is 103 Å². The fourth-order valence-corrected chi connectivity index (χ4v) is 1.70. The van der Waals surface area contributed by atoms with E-state index in [1.165, 1.54) is 0 Å². The van der Waals surface area contributed by atoms with Gasteiger partial charge in [-0.2, -0.15) is 0 Å². The van der Waals surface area contributed by atoms with Crippen LogP contribution >= 0.6 is 28.7 Å². The van der Waals surface area contributed by atoms with Gasteiger partial charge >= 0.3 is 0 Å². The quantitative estimate of drug-likeness (QED) is 0.498. The van der Waals surface area contributed by atoms with Crippen LogP contribution < -0.4 is 5.73 Å². The van der Waals surface area contributed by atoms with Crippen LogP contribution in [0.15, 0.2) is 6.20 Å². The molecule has 0 amide bonds. The first-order chi connectivity index (χ1) is 7.06. The summed E-state index contributed by atoms with van der Waals surface area (Å²) >= 11 is 1.13. The smallest absolute Gasteiger partial charge is 0.151 e. The Hall–Kier alpha value is -0.790. The SMILES string of the molecule is Br.Cc1ncc(CSC(=N)N)c(CO)c1O. The number of hydrogen-bond donors (Lipinski definition) is 4. The predicted molar refractivity (Wildman–Crippen MR) is 70.1 cm³/mol. The molecular formula is C9H14BrN3O2S. The number of nitrogens with two attached hydrogens (primary N) is 1. The van der Waals surface area contributed by atoms with Crippen LogP contribution in [0.5, 0.6) is 5.75 Å². The number of aliphatic hydroxyl groups is 1. The van der Waals surface area contributed by atoms with Crippen LogP contribution in [-0.2, 0) is 12.4 Å². The average Bonchev–Trinajstić information content (AvgIpc) is 2.19. The lowest BCUT2D eigenvalue weighted by Gasteiger charge is -2.09.